The number of methoxy groups -OCH3 is 1. The maximum Gasteiger partial charge on any atom is 0.290 e. The topological polar surface area (TPSA) is 80.0 Å². The summed E-state index contributed by atoms with van der Waals surface area (Å²) in [5.41, 5.74) is 2.13. The molecule has 2 heterocycles. The van der Waals surface area contributed by atoms with E-state index in [9.17, 15) is 14.7 Å². The number of hydrogen-bond donors (Lipinski definition) is 1. The lowest BCUT2D eigenvalue weighted by Gasteiger charge is -2.27. The number of aliphatic hydroxyl groups is 1. The molecular weight excluding hydrogens is 418 g/mol. The highest BCUT2D eigenvalue weighted by Crippen LogP contribution is 2.40. The third-order valence-electron chi connectivity index (χ3n) is 5.82. The number of hydrogen-bond acceptors (Lipinski definition) is 5. The number of aliphatic hydroxyl groups excluding tert-OH is 1. The maximum atomic E-state index is 13.6. The molecule has 4 aromatic rings. The zero-order valence-corrected chi connectivity index (χ0v) is 17.9. The van der Waals surface area contributed by atoms with Crippen LogP contribution < -0.4 is 4.74 Å². The van der Waals surface area contributed by atoms with Gasteiger partial charge in [-0.3, -0.25) is 9.59 Å². The molecule has 0 bridgehead atoms. The molecule has 1 unspecified atom stereocenters. The molecule has 1 aliphatic rings. The van der Waals surface area contributed by atoms with Gasteiger partial charge in [0.2, 0.25) is 5.78 Å². The van der Waals surface area contributed by atoms with Crippen LogP contribution in [0.3, 0.4) is 0 Å². The van der Waals surface area contributed by atoms with Crippen molar-refractivity contribution in [3.63, 3.8) is 0 Å². The Kier molecular flexibility index (Phi) is 5.18. The third-order valence-corrected chi connectivity index (χ3v) is 5.82. The molecule has 1 aromatic heterocycles. The van der Waals surface area contributed by atoms with Gasteiger partial charge in [-0.25, -0.2) is 0 Å². The molecule has 33 heavy (non-hydrogen) atoms. The van der Waals surface area contributed by atoms with Crippen molar-refractivity contribution in [1.82, 2.24) is 4.90 Å². The standard InChI is InChI=1S/C27H21NO5/c1-32-20-13-11-18(12-14-20)24-23(25(29)22-15-19-9-5-6-10-21(19)33-22)26(30)27(31)28(24)16-17-7-3-2-4-8-17/h2-15,24,30H,16H2,1H3. The van der Waals surface area contributed by atoms with E-state index < -0.39 is 23.5 Å². The SMILES string of the molecule is COc1ccc(C2C(C(=O)c3cc4ccccc4o3)=C(O)C(=O)N2Cc2ccccc2)cc1. The molecule has 1 aliphatic heterocycles. The van der Waals surface area contributed by atoms with Gasteiger partial charge in [0.15, 0.2) is 11.5 Å². The van der Waals surface area contributed by atoms with Crippen LogP contribution in [0.15, 0.2) is 101 Å². The van der Waals surface area contributed by atoms with Gasteiger partial charge in [-0.15, -0.1) is 0 Å². The van der Waals surface area contributed by atoms with E-state index >= 15 is 0 Å². The number of para-hydroxylation sites is 1. The normalized spacial score (nSPS) is 16.0. The summed E-state index contributed by atoms with van der Waals surface area (Å²) < 4.78 is 11.0. The van der Waals surface area contributed by atoms with Crippen LogP contribution >= 0.6 is 0 Å². The smallest absolute Gasteiger partial charge is 0.290 e. The number of benzene rings is 3. The molecule has 0 spiro atoms. The van der Waals surface area contributed by atoms with Gasteiger partial charge in [0.25, 0.3) is 5.91 Å². The van der Waals surface area contributed by atoms with E-state index in [1.54, 1.807) is 43.5 Å². The van der Waals surface area contributed by atoms with E-state index in [2.05, 4.69) is 0 Å². The minimum atomic E-state index is -0.774. The number of ether oxygens (including phenoxy) is 1. The second kappa shape index (κ2) is 8.31. The van der Waals surface area contributed by atoms with Crippen molar-refractivity contribution < 1.29 is 23.8 Å². The van der Waals surface area contributed by atoms with Crippen molar-refractivity contribution in [2.45, 2.75) is 12.6 Å². The number of amides is 1. The first-order valence-electron chi connectivity index (χ1n) is 10.5. The molecule has 1 N–H and O–H groups in total. The Labute approximate surface area is 190 Å². The molecule has 3 aromatic carbocycles. The van der Waals surface area contributed by atoms with Gasteiger partial charge in [-0.05, 0) is 35.4 Å². The highest BCUT2D eigenvalue weighted by atomic mass is 16.5. The predicted molar refractivity (Wildman–Crippen MR) is 123 cm³/mol. The van der Waals surface area contributed by atoms with Gasteiger partial charge >= 0.3 is 0 Å². The second-order valence-electron chi connectivity index (χ2n) is 7.83. The van der Waals surface area contributed by atoms with E-state index in [1.807, 2.05) is 48.5 Å². The zero-order valence-electron chi connectivity index (χ0n) is 17.9. The van der Waals surface area contributed by atoms with Crippen LogP contribution in [0.1, 0.15) is 27.7 Å². The average Bonchev–Trinajstić information content (AvgIpc) is 3.39. The Morgan fingerprint density at radius 3 is 2.39 bits per heavy atom. The number of nitrogens with zero attached hydrogens (tertiary/aromatic N) is 1. The summed E-state index contributed by atoms with van der Waals surface area (Å²) in [6.45, 7) is 0.233. The van der Waals surface area contributed by atoms with Crippen LogP contribution in [0.5, 0.6) is 5.75 Å². The first kappa shape index (κ1) is 20.6. The molecule has 6 heteroatoms. The fourth-order valence-corrected chi connectivity index (χ4v) is 4.19. The van der Waals surface area contributed by atoms with Crippen molar-refractivity contribution in [1.29, 1.82) is 0 Å². The van der Waals surface area contributed by atoms with Crippen molar-refractivity contribution in [2.75, 3.05) is 7.11 Å². The Balaban J connectivity index is 1.59. The summed E-state index contributed by atoms with van der Waals surface area (Å²) in [5, 5.41) is 11.6. The predicted octanol–water partition coefficient (Wildman–Crippen LogP) is 5.22. The van der Waals surface area contributed by atoms with Crippen LogP contribution in [0.4, 0.5) is 0 Å². The molecule has 1 atom stereocenters. The van der Waals surface area contributed by atoms with Gasteiger partial charge in [-0.2, -0.15) is 0 Å². The molecule has 164 valence electrons. The maximum absolute atomic E-state index is 13.6. The van der Waals surface area contributed by atoms with Gasteiger partial charge in [0.1, 0.15) is 11.3 Å². The zero-order chi connectivity index (χ0) is 22.9. The van der Waals surface area contributed by atoms with E-state index in [4.69, 9.17) is 9.15 Å². The molecule has 1 amide bonds. The Bertz CT molecular complexity index is 1340. The summed E-state index contributed by atoms with van der Waals surface area (Å²) in [6.07, 6.45) is 0. The van der Waals surface area contributed by atoms with Crippen molar-refractivity contribution in [3.05, 3.63) is 113 Å². The Morgan fingerprint density at radius 2 is 1.70 bits per heavy atom. The number of carbonyl (C=O) groups excluding carboxylic acids is 2. The summed E-state index contributed by atoms with van der Waals surface area (Å²) >= 11 is 0. The number of Topliss-reactive ketones (excluding diaryl/α,β-unsaturated/α-hetero) is 1. The van der Waals surface area contributed by atoms with Gasteiger partial charge in [-0.1, -0.05) is 60.7 Å². The van der Waals surface area contributed by atoms with E-state index in [1.165, 1.54) is 4.90 Å². The number of furan rings is 1. The van der Waals surface area contributed by atoms with Crippen LogP contribution in [-0.2, 0) is 11.3 Å². The van der Waals surface area contributed by atoms with E-state index in [0.29, 0.717) is 16.9 Å². The molecule has 0 saturated carbocycles. The highest BCUT2D eigenvalue weighted by molar-refractivity contribution is 6.16. The number of fused-ring (bicyclic) bond motifs is 1. The lowest BCUT2D eigenvalue weighted by molar-refractivity contribution is -0.130. The Morgan fingerprint density at radius 1 is 1.00 bits per heavy atom. The molecule has 0 aliphatic carbocycles. The number of rotatable bonds is 6. The van der Waals surface area contributed by atoms with Crippen molar-refractivity contribution in [3.8, 4) is 5.75 Å². The Hall–Kier alpha value is -4.32. The fourth-order valence-electron chi connectivity index (χ4n) is 4.19. The first-order chi connectivity index (χ1) is 16.1. The quantitative estimate of drug-likeness (QED) is 0.417. The first-order valence-corrected chi connectivity index (χ1v) is 10.5. The van der Waals surface area contributed by atoms with Crippen LogP contribution in [0.25, 0.3) is 11.0 Å². The number of ketones is 1. The lowest BCUT2D eigenvalue weighted by atomic mass is 9.94. The van der Waals surface area contributed by atoms with Gasteiger partial charge < -0.3 is 19.2 Å². The molecule has 6 nitrogen and oxygen atoms in total. The third kappa shape index (κ3) is 3.65. The summed E-state index contributed by atoms with van der Waals surface area (Å²) in [7, 11) is 1.57. The summed E-state index contributed by atoms with van der Waals surface area (Å²) in [5.74, 6) is -0.952. The minimum Gasteiger partial charge on any atom is -0.503 e. The van der Waals surface area contributed by atoms with Crippen molar-refractivity contribution in [2.24, 2.45) is 0 Å². The van der Waals surface area contributed by atoms with E-state index in [-0.39, 0.29) is 17.9 Å². The monoisotopic (exact) mass is 439 g/mol. The fraction of sp³-hybridized carbons (Fsp3) is 0.111. The molecule has 5 rings (SSSR count). The van der Waals surface area contributed by atoms with Crippen LogP contribution in [-0.4, -0.2) is 28.8 Å². The molecular formula is C27H21NO5. The van der Waals surface area contributed by atoms with Gasteiger partial charge in [0.05, 0.1) is 18.7 Å². The van der Waals surface area contributed by atoms with Crippen LogP contribution in [0, 0.1) is 0 Å². The summed E-state index contributed by atoms with van der Waals surface area (Å²) in [6, 6.07) is 24.7. The molecule has 0 saturated heterocycles. The summed E-state index contributed by atoms with van der Waals surface area (Å²) in [4.78, 5) is 28.2. The van der Waals surface area contributed by atoms with Gasteiger partial charge in [0, 0.05) is 11.9 Å². The second-order valence-corrected chi connectivity index (χ2v) is 7.83. The average molecular weight is 439 g/mol. The lowest BCUT2D eigenvalue weighted by Crippen LogP contribution is -2.30. The molecule has 0 radical (unpaired) electrons. The largest absolute Gasteiger partial charge is 0.503 e. The number of carbonyl (C=O) groups is 2. The minimum absolute atomic E-state index is 0.000143. The van der Waals surface area contributed by atoms with E-state index in [0.717, 1.165) is 10.9 Å². The van der Waals surface area contributed by atoms with Crippen LogP contribution in [0.2, 0.25) is 0 Å². The van der Waals surface area contributed by atoms with Crippen molar-refractivity contribution >= 4 is 22.7 Å². The highest BCUT2D eigenvalue weighted by Gasteiger charge is 2.44. The molecule has 0 fully saturated rings.